The summed E-state index contributed by atoms with van der Waals surface area (Å²) < 4.78 is 25.2. The molecule has 0 spiro atoms. The van der Waals surface area contributed by atoms with E-state index in [4.69, 9.17) is 9.47 Å². The standard InChI is InChI=1S/C20H15FO5S/c1-2-25-20(24)18-14(17-15(21)4-3-5-16(17)27-18)11-26-19(23)13-8-6-12(10-22)7-9-13/h3-10H,2,11H2,1H3. The van der Waals surface area contributed by atoms with Gasteiger partial charge in [0.15, 0.2) is 0 Å². The van der Waals surface area contributed by atoms with Crippen molar-refractivity contribution in [2.45, 2.75) is 13.5 Å². The lowest BCUT2D eigenvalue weighted by Crippen LogP contribution is -2.09. The molecular formula is C20H15FO5S. The van der Waals surface area contributed by atoms with Crippen LogP contribution in [-0.2, 0) is 16.1 Å². The van der Waals surface area contributed by atoms with Crippen LogP contribution in [0.1, 0.15) is 42.9 Å². The first-order valence-electron chi connectivity index (χ1n) is 8.14. The second-order valence-electron chi connectivity index (χ2n) is 5.56. The Morgan fingerprint density at radius 2 is 1.81 bits per heavy atom. The van der Waals surface area contributed by atoms with Gasteiger partial charge in [0, 0.05) is 21.2 Å². The van der Waals surface area contributed by atoms with E-state index in [-0.39, 0.29) is 34.6 Å². The molecule has 7 heteroatoms. The summed E-state index contributed by atoms with van der Waals surface area (Å²) in [4.78, 5) is 35.4. The molecule has 0 bridgehead atoms. The lowest BCUT2D eigenvalue weighted by Gasteiger charge is -2.07. The number of esters is 2. The quantitative estimate of drug-likeness (QED) is 0.464. The van der Waals surface area contributed by atoms with Gasteiger partial charge in [-0.05, 0) is 31.2 Å². The number of rotatable bonds is 6. The Hall–Kier alpha value is -3.06. The smallest absolute Gasteiger partial charge is 0.348 e. The van der Waals surface area contributed by atoms with Crippen LogP contribution in [0.2, 0.25) is 0 Å². The molecule has 0 fully saturated rings. The van der Waals surface area contributed by atoms with Crippen LogP contribution < -0.4 is 0 Å². The summed E-state index contributed by atoms with van der Waals surface area (Å²) in [7, 11) is 0. The van der Waals surface area contributed by atoms with E-state index in [9.17, 15) is 18.8 Å². The molecule has 0 saturated heterocycles. The number of aldehydes is 1. The highest BCUT2D eigenvalue weighted by molar-refractivity contribution is 7.21. The fourth-order valence-electron chi connectivity index (χ4n) is 2.59. The van der Waals surface area contributed by atoms with Crippen LogP contribution >= 0.6 is 11.3 Å². The second-order valence-corrected chi connectivity index (χ2v) is 6.61. The van der Waals surface area contributed by atoms with Crippen LogP contribution in [0.4, 0.5) is 4.39 Å². The Labute approximate surface area is 158 Å². The Morgan fingerprint density at radius 1 is 1.07 bits per heavy atom. The molecule has 0 aliphatic carbocycles. The van der Waals surface area contributed by atoms with E-state index in [1.54, 1.807) is 19.1 Å². The molecule has 0 unspecified atom stereocenters. The molecule has 1 aromatic heterocycles. The van der Waals surface area contributed by atoms with Crippen molar-refractivity contribution in [1.82, 2.24) is 0 Å². The Balaban J connectivity index is 1.90. The molecule has 0 amide bonds. The Bertz CT molecular complexity index is 1010. The van der Waals surface area contributed by atoms with Crippen molar-refractivity contribution >= 4 is 39.6 Å². The van der Waals surface area contributed by atoms with E-state index < -0.39 is 17.8 Å². The summed E-state index contributed by atoms with van der Waals surface area (Å²) in [6, 6.07) is 10.4. The van der Waals surface area contributed by atoms with Gasteiger partial charge in [0.2, 0.25) is 0 Å². The molecule has 0 radical (unpaired) electrons. The third-order valence-electron chi connectivity index (χ3n) is 3.85. The molecule has 1 heterocycles. The molecule has 3 aromatic rings. The highest BCUT2D eigenvalue weighted by Crippen LogP contribution is 2.34. The third-order valence-corrected chi connectivity index (χ3v) is 5.03. The van der Waals surface area contributed by atoms with Gasteiger partial charge in [0.05, 0.1) is 12.2 Å². The van der Waals surface area contributed by atoms with Crippen LogP contribution in [0.15, 0.2) is 42.5 Å². The average Bonchev–Trinajstić information content (AvgIpc) is 3.06. The number of benzene rings is 2. The SMILES string of the molecule is CCOC(=O)c1sc2cccc(F)c2c1COC(=O)c1ccc(C=O)cc1. The van der Waals surface area contributed by atoms with Crippen molar-refractivity contribution in [3.05, 3.63) is 69.8 Å². The van der Waals surface area contributed by atoms with Crippen molar-refractivity contribution in [2.75, 3.05) is 6.61 Å². The van der Waals surface area contributed by atoms with Gasteiger partial charge < -0.3 is 9.47 Å². The minimum absolute atomic E-state index is 0.178. The third kappa shape index (κ3) is 3.88. The summed E-state index contributed by atoms with van der Waals surface area (Å²) in [6.07, 6.45) is 0.668. The van der Waals surface area contributed by atoms with Gasteiger partial charge in [-0.15, -0.1) is 11.3 Å². The maximum atomic E-state index is 14.3. The number of thiophene rings is 1. The predicted octanol–water partition coefficient (Wildman–Crippen LogP) is 4.39. The lowest BCUT2D eigenvalue weighted by atomic mass is 10.1. The molecular weight excluding hydrogens is 371 g/mol. The Kier molecular flexibility index (Phi) is 5.61. The minimum atomic E-state index is -0.641. The van der Waals surface area contributed by atoms with Crippen molar-refractivity contribution in [1.29, 1.82) is 0 Å². The van der Waals surface area contributed by atoms with Crippen LogP contribution in [-0.4, -0.2) is 24.8 Å². The summed E-state index contributed by atoms with van der Waals surface area (Å²) >= 11 is 1.09. The molecule has 0 aliphatic heterocycles. The first-order chi connectivity index (χ1) is 13.0. The van der Waals surface area contributed by atoms with Gasteiger partial charge in [0.1, 0.15) is 23.6 Å². The number of fused-ring (bicyclic) bond motifs is 1. The van der Waals surface area contributed by atoms with E-state index >= 15 is 0 Å². The monoisotopic (exact) mass is 386 g/mol. The molecule has 0 N–H and O–H groups in total. The van der Waals surface area contributed by atoms with Crippen molar-refractivity contribution in [3.8, 4) is 0 Å². The van der Waals surface area contributed by atoms with E-state index in [1.165, 1.54) is 30.3 Å². The Morgan fingerprint density at radius 3 is 2.48 bits per heavy atom. The molecule has 27 heavy (non-hydrogen) atoms. The highest BCUT2D eigenvalue weighted by Gasteiger charge is 2.23. The largest absolute Gasteiger partial charge is 0.462 e. The van der Waals surface area contributed by atoms with Crippen molar-refractivity contribution < 1.29 is 28.2 Å². The van der Waals surface area contributed by atoms with E-state index in [1.807, 2.05) is 0 Å². The zero-order valence-corrected chi connectivity index (χ0v) is 15.2. The van der Waals surface area contributed by atoms with E-state index in [2.05, 4.69) is 0 Å². The topological polar surface area (TPSA) is 69.7 Å². The van der Waals surface area contributed by atoms with Crippen LogP contribution in [0.25, 0.3) is 10.1 Å². The lowest BCUT2D eigenvalue weighted by molar-refractivity contribution is 0.0454. The summed E-state index contributed by atoms with van der Waals surface area (Å²) in [5, 5.41) is 0.245. The predicted molar refractivity (Wildman–Crippen MR) is 98.7 cm³/mol. The van der Waals surface area contributed by atoms with Gasteiger partial charge in [-0.3, -0.25) is 4.79 Å². The number of carbonyl (C=O) groups is 3. The number of halogens is 1. The number of ether oxygens (including phenoxy) is 2. The molecule has 0 atom stereocenters. The maximum absolute atomic E-state index is 14.3. The molecule has 0 saturated carbocycles. The summed E-state index contributed by atoms with van der Waals surface area (Å²) in [5.74, 6) is -1.72. The van der Waals surface area contributed by atoms with Crippen LogP contribution in [0.5, 0.6) is 0 Å². The molecule has 3 rings (SSSR count). The van der Waals surface area contributed by atoms with Gasteiger partial charge in [0.25, 0.3) is 0 Å². The van der Waals surface area contributed by atoms with Crippen LogP contribution in [0, 0.1) is 5.82 Å². The minimum Gasteiger partial charge on any atom is -0.462 e. The zero-order valence-electron chi connectivity index (χ0n) is 14.4. The summed E-state index contributed by atoms with van der Waals surface area (Å²) in [5.41, 5.74) is 0.963. The molecule has 0 aliphatic rings. The van der Waals surface area contributed by atoms with Crippen LogP contribution in [0.3, 0.4) is 0 Å². The fourth-order valence-corrected chi connectivity index (χ4v) is 3.70. The van der Waals surface area contributed by atoms with Crippen molar-refractivity contribution in [3.63, 3.8) is 0 Å². The van der Waals surface area contributed by atoms with E-state index in [0.29, 0.717) is 16.5 Å². The molecule has 2 aromatic carbocycles. The van der Waals surface area contributed by atoms with Gasteiger partial charge in [-0.2, -0.15) is 0 Å². The number of carbonyl (C=O) groups excluding carboxylic acids is 3. The zero-order chi connectivity index (χ0) is 19.4. The number of hydrogen-bond acceptors (Lipinski definition) is 6. The van der Waals surface area contributed by atoms with Gasteiger partial charge in [-0.25, -0.2) is 14.0 Å². The molecule has 5 nitrogen and oxygen atoms in total. The number of hydrogen-bond donors (Lipinski definition) is 0. The molecule has 138 valence electrons. The van der Waals surface area contributed by atoms with E-state index in [0.717, 1.165) is 11.3 Å². The summed E-state index contributed by atoms with van der Waals surface area (Å²) in [6.45, 7) is 1.58. The second kappa shape index (κ2) is 8.09. The van der Waals surface area contributed by atoms with Gasteiger partial charge in [-0.1, -0.05) is 18.2 Å². The average molecular weight is 386 g/mol. The first kappa shape index (κ1) is 18.7. The first-order valence-corrected chi connectivity index (χ1v) is 8.96. The fraction of sp³-hybridized carbons (Fsp3) is 0.150. The highest BCUT2D eigenvalue weighted by atomic mass is 32.1. The normalized spacial score (nSPS) is 10.6. The van der Waals surface area contributed by atoms with Crippen molar-refractivity contribution in [2.24, 2.45) is 0 Å². The van der Waals surface area contributed by atoms with Gasteiger partial charge >= 0.3 is 11.9 Å². The maximum Gasteiger partial charge on any atom is 0.348 e.